The van der Waals surface area contributed by atoms with Crippen molar-refractivity contribution in [2.24, 2.45) is 0 Å². The third-order valence-electron chi connectivity index (χ3n) is 16.9. The van der Waals surface area contributed by atoms with Gasteiger partial charge in [-0.05, 0) is 187 Å². The Morgan fingerprint density at radius 3 is 1.36 bits per heavy atom. The summed E-state index contributed by atoms with van der Waals surface area (Å²) in [5.74, 6) is 0. The lowest BCUT2D eigenvalue weighted by molar-refractivity contribution is 0.660. The molecular formula is C74H58N2. The fraction of sp³-hybridized carbons (Fsp3) is 0.108. The molecule has 0 spiro atoms. The summed E-state index contributed by atoms with van der Waals surface area (Å²) in [6.07, 6.45) is 0. The van der Waals surface area contributed by atoms with Crippen molar-refractivity contribution in [3.8, 4) is 72.4 Å². The average molecular weight is 975 g/mol. The maximum absolute atomic E-state index is 2.48. The normalized spacial score (nSPS) is 13.6. The van der Waals surface area contributed by atoms with Crippen molar-refractivity contribution in [2.75, 3.05) is 4.90 Å². The predicted octanol–water partition coefficient (Wildman–Crippen LogP) is 20.2. The Bertz CT molecular complexity index is 4270. The van der Waals surface area contributed by atoms with E-state index in [1.165, 1.54) is 122 Å². The molecule has 364 valence electrons. The molecule has 1 aromatic heterocycles. The Morgan fingerprint density at radius 1 is 0.289 bits per heavy atom. The molecule has 11 aromatic carbocycles. The van der Waals surface area contributed by atoms with Gasteiger partial charge in [-0.2, -0.15) is 0 Å². The summed E-state index contributed by atoms with van der Waals surface area (Å²) in [6.45, 7) is 13.9. The van der Waals surface area contributed by atoms with Crippen molar-refractivity contribution in [2.45, 2.75) is 52.4 Å². The summed E-state index contributed by atoms with van der Waals surface area (Å²) >= 11 is 0. The Kier molecular flexibility index (Phi) is 10.4. The zero-order valence-corrected chi connectivity index (χ0v) is 44.0. The summed E-state index contributed by atoms with van der Waals surface area (Å²) in [4.78, 5) is 2.42. The summed E-state index contributed by atoms with van der Waals surface area (Å²) in [5, 5.41) is 2.46. The molecule has 0 radical (unpaired) electrons. The SMILES string of the molecule is Cc1cc(-c2ccc3c(c2)C(C)(C)c2cc(C)ccc2-3)cc(-n2c3ccc(-c4ccccc4)cc3c3cc(-c4ccc(N(c5ccc(-c6ccccc6)cc5)c5ccc6c(c5)C(C)(C)c5ccccc5-6)cc4)ccc32)c1. The maximum Gasteiger partial charge on any atom is 0.0541 e. The average Bonchev–Trinajstić information content (AvgIpc) is 4.02. The number of anilines is 3. The first kappa shape index (κ1) is 45.6. The highest BCUT2D eigenvalue weighted by molar-refractivity contribution is 6.12. The van der Waals surface area contributed by atoms with E-state index in [1.807, 2.05) is 0 Å². The van der Waals surface area contributed by atoms with Gasteiger partial charge in [0.2, 0.25) is 0 Å². The molecule has 2 heteroatoms. The molecule has 76 heavy (non-hydrogen) atoms. The number of aryl methyl sites for hydroxylation is 2. The first-order chi connectivity index (χ1) is 37.0. The Labute approximate surface area is 446 Å². The van der Waals surface area contributed by atoms with E-state index in [0.717, 1.165) is 22.7 Å². The van der Waals surface area contributed by atoms with Crippen LogP contribution in [-0.2, 0) is 10.8 Å². The third kappa shape index (κ3) is 7.30. The first-order valence-corrected chi connectivity index (χ1v) is 26.8. The van der Waals surface area contributed by atoms with Crippen LogP contribution in [0.3, 0.4) is 0 Å². The van der Waals surface area contributed by atoms with Crippen LogP contribution < -0.4 is 4.90 Å². The topological polar surface area (TPSA) is 8.17 Å². The van der Waals surface area contributed by atoms with Crippen molar-refractivity contribution < 1.29 is 0 Å². The second-order valence-electron chi connectivity index (χ2n) is 22.4. The van der Waals surface area contributed by atoms with E-state index in [9.17, 15) is 0 Å². The van der Waals surface area contributed by atoms with Gasteiger partial charge in [0.15, 0.2) is 0 Å². The standard InChI is InChI=1S/C74H58N2/c1-47-21-34-62-63-35-26-55(45-69(63)74(5,6)68(62)41-47)56-39-48(2)40-60(42-56)76-71-37-27-53(50-17-11-8-12-18-50)43-65(71)66-44-54(28-38-72(66)76)52-24-31-58(32-25-52)75(57-29-22-51(23-30-57)49-15-9-7-10-16-49)59-33-36-64-61-19-13-14-20-67(61)73(3,4)70(64)46-59/h7-46H,1-6H3. The number of fused-ring (bicyclic) bond motifs is 9. The van der Waals surface area contributed by atoms with Crippen molar-refractivity contribution in [3.05, 3.63) is 276 Å². The van der Waals surface area contributed by atoms with Crippen LogP contribution in [0.1, 0.15) is 61.1 Å². The molecular weight excluding hydrogens is 917 g/mol. The molecule has 0 fully saturated rings. The zero-order chi connectivity index (χ0) is 51.5. The monoisotopic (exact) mass is 974 g/mol. The molecule has 12 aromatic rings. The first-order valence-electron chi connectivity index (χ1n) is 26.8. The van der Waals surface area contributed by atoms with Gasteiger partial charge in [0.05, 0.1) is 11.0 Å². The van der Waals surface area contributed by atoms with E-state index in [-0.39, 0.29) is 10.8 Å². The van der Waals surface area contributed by atoms with Gasteiger partial charge in [0, 0.05) is 44.4 Å². The van der Waals surface area contributed by atoms with Crippen LogP contribution in [-0.4, -0.2) is 4.57 Å². The Morgan fingerprint density at radius 2 is 0.724 bits per heavy atom. The van der Waals surface area contributed by atoms with Crippen molar-refractivity contribution in [3.63, 3.8) is 0 Å². The second-order valence-corrected chi connectivity index (χ2v) is 22.4. The number of hydrogen-bond donors (Lipinski definition) is 0. The van der Waals surface area contributed by atoms with Crippen LogP contribution in [0.5, 0.6) is 0 Å². The molecule has 0 saturated carbocycles. The molecule has 2 aliphatic rings. The third-order valence-corrected chi connectivity index (χ3v) is 16.9. The van der Waals surface area contributed by atoms with Gasteiger partial charge in [-0.1, -0.05) is 197 Å². The number of rotatable bonds is 8. The zero-order valence-electron chi connectivity index (χ0n) is 44.0. The fourth-order valence-electron chi connectivity index (χ4n) is 12.9. The number of hydrogen-bond acceptors (Lipinski definition) is 1. The molecule has 0 N–H and O–H groups in total. The lowest BCUT2D eigenvalue weighted by Gasteiger charge is -2.28. The highest BCUT2D eigenvalue weighted by Gasteiger charge is 2.37. The molecule has 0 saturated heterocycles. The molecule has 14 rings (SSSR count). The van der Waals surface area contributed by atoms with Crippen LogP contribution >= 0.6 is 0 Å². The molecule has 0 aliphatic heterocycles. The smallest absolute Gasteiger partial charge is 0.0541 e. The van der Waals surface area contributed by atoms with Gasteiger partial charge in [0.1, 0.15) is 0 Å². The Hall–Kier alpha value is -8.98. The number of benzene rings is 11. The van der Waals surface area contributed by atoms with E-state index in [4.69, 9.17) is 0 Å². The minimum Gasteiger partial charge on any atom is -0.310 e. The van der Waals surface area contributed by atoms with Crippen molar-refractivity contribution >= 4 is 38.9 Å². The van der Waals surface area contributed by atoms with E-state index in [0.29, 0.717) is 0 Å². The Balaban J connectivity index is 0.872. The van der Waals surface area contributed by atoms with E-state index in [2.05, 4.69) is 294 Å². The van der Waals surface area contributed by atoms with Gasteiger partial charge in [-0.25, -0.2) is 0 Å². The van der Waals surface area contributed by atoms with E-state index in [1.54, 1.807) is 0 Å². The van der Waals surface area contributed by atoms with Gasteiger partial charge in [0.25, 0.3) is 0 Å². The summed E-state index contributed by atoms with van der Waals surface area (Å²) in [7, 11) is 0. The lowest BCUT2D eigenvalue weighted by Crippen LogP contribution is -2.16. The van der Waals surface area contributed by atoms with Gasteiger partial charge in [-0.3, -0.25) is 0 Å². The largest absolute Gasteiger partial charge is 0.310 e. The van der Waals surface area contributed by atoms with Crippen LogP contribution in [0.2, 0.25) is 0 Å². The number of aromatic nitrogens is 1. The van der Waals surface area contributed by atoms with Gasteiger partial charge in [-0.15, -0.1) is 0 Å². The highest BCUT2D eigenvalue weighted by atomic mass is 15.1. The lowest BCUT2D eigenvalue weighted by atomic mass is 9.81. The van der Waals surface area contributed by atoms with Crippen LogP contribution in [0.15, 0.2) is 243 Å². The van der Waals surface area contributed by atoms with Crippen LogP contribution in [0, 0.1) is 13.8 Å². The molecule has 0 atom stereocenters. The van der Waals surface area contributed by atoms with Crippen LogP contribution in [0.4, 0.5) is 17.1 Å². The van der Waals surface area contributed by atoms with E-state index < -0.39 is 0 Å². The second kappa shape index (κ2) is 17.3. The van der Waals surface area contributed by atoms with Crippen LogP contribution in [0.25, 0.3) is 94.3 Å². The molecule has 0 bridgehead atoms. The van der Waals surface area contributed by atoms with Crippen molar-refractivity contribution in [1.82, 2.24) is 4.57 Å². The fourth-order valence-corrected chi connectivity index (χ4v) is 12.9. The summed E-state index contributed by atoms with van der Waals surface area (Å²) in [5.41, 5.74) is 29.8. The minimum absolute atomic E-state index is 0.0810. The maximum atomic E-state index is 2.48. The van der Waals surface area contributed by atoms with Gasteiger partial charge < -0.3 is 9.47 Å². The van der Waals surface area contributed by atoms with Crippen molar-refractivity contribution in [1.29, 1.82) is 0 Å². The molecule has 0 amide bonds. The van der Waals surface area contributed by atoms with Gasteiger partial charge >= 0.3 is 0 Å². The highest BCUT2D eigenvalue weighted by Crippen LogP contribution is 2.52. The van der Waals surface area contributed by atoms with E-state index >= 15 is 0 Å². The molecule has 0 unspecified atom stereocenters. The summed E-state index contributed by atoms with van der Waals surface area (Å²) < 4.78 is 2.48. The minimum atomic E-state index is -0.119. The predicted molar refractivity (Wildman–Crippen MR) is 322 cm³/mol. The molecule has 2 nitrogen and oxygen atoms in total. The molecule has 2 aliphatic carbocycles. The molecule has 1 heterocycles. The summed E-state index contributed by atoms with van der Waals surface area (Å²) in [6, 6.07) is 90.8. The quantitative estimate of drug-likeness (QED) is 0.147. The number of nitrogens with zero attached hydrogens (tertiary/aromatic N) is 2.